The Kier molecular flexibility index (Phi) is 10.1. The summed E-state index contributed by atoms with van der Waals surface area (Å²) >= 11 is 0. The number of piperidine rings is 2. The fraction of sp³-hybridized carbons (Fsp3) is 0.917. The van der Waals surface area contributed by atoms with Gasteiger partial charge in [-0.2, -0.15) is 0 Å². The van der Waals surface area contributed by atoms with Crippen molar-refractivity contribution >= 4 is 11.9 Å². The summed E-state index contributed by atoms with van der Waals surface area (Å²) in [5.41, 5.74) is -0.911. The largest absolute Gasteiger partial charge is 0.469 e. The first kappa shape index (κ1) is 25.1. The van der Waals surface area contributed by atoms with Crippen LogP contribution in [0.5, 0.6) is 0 Å². The number of rotatable bonds is 11. The minimum absolute atomic E-state index is 0.0815. The summed E-state index contributed by atoms with van der Waals surface area (Å²) in [7, 11) is 2.99. The second-order valence-corrected chi connectivity index (χ2v) is 9.63. The molecule has 2 aliphatic rings. The van der Waals surface area contributed by atoms with Gasteiger partial charge >= 0.3 is 11.9 Å². The highest BCUT2D eigenvalue weighted by atomic mass is 16.5. The van der Waals surface area contributed by atoms with E-state index in [9.17, 15) is 9.59 Å². The SMILES string of the molecule is COC(=O)CCCCCCC(C)(C)C(C(=O)OC)(N1CCCCC1)N1CCCCC1. The Hall–Kier alpha value is -1.14. The lowest BCUT2D eigenvalue weighted by Crippen LogP contribution is -2.74. The minimum Gasteiger partial charge on any atom is -0.469 e. The van der Waals surface area contributed by atoms with Crippen molar-refractivity contribution in [2.24, 2.45) is 5.41 Å². The summed E-state index contributed by atoms with van der Waals surface area (Å²) in [6.07, 6.45) is 12.5. The molecule has 0 saturated carbocycles. The number of esters is 2. The van der Waals surface area contributed by atoms with Crippen LogP contribution < -0.4 is 0 Å². The fourth-order valence-corrected chi connectivity index (χ4v) is 5.63. The predicted molar refractivity (Wildman–Crippen MR) is 119 cm³/mol. The maximum atomic E-state index is 13.6. The van der Waals surface area contributed by atoms with Crippen LogP contribution in [0.15, 0.2) is 0 Å². The van der Waals surface area contributed by atoms with E-state index in [-0.39, 0.29) is 17.4 Å². The van der Waals surface area contributed by atoms with Gasteiger partial charge in [0, 0.05) is 38.0 Å². The quantitative estimate of drug-likeness (QED) is 0.363. The third-order valence-electron chi connectivity index (χ3n) is 7.20. The summed E-state index contributed by atoms with van der Waals surface area (Å²) in [5.74, 6) is -0.211. The average molecular weight is 425 g/mol. The number of carbonyl (C=O) groups is 2. The fourth-order valence-electron chi connectivity index (χ4n) is 5.63. The van der Waals surface area contributed by atoms with Crippen LogP contribution in [0.2, 0.25) is 0 Å². The number of hydrogen-bond acceptors (Lipinski definition) is 6. The normalized spacial score (nSPS) is 19.5. The molecule has 0 spiro atoms. The van der Waals surface area contributed by atoms with Crippen molar-refractivity contribution in [2.75, 3.05) is 40.4 Å². The van der Waals surface area contributed by atoms with Crippen LogP contribution in [0.4, 0.5) is 0 Å². The number of nitrogens with zero attached hydrogens (tertiary/aromatic N) is 2. The first-order chi connectivity index (χ1) is 14.4. The van der Waals surface area contributed by atoms with Crippen LogP contribution in [0, 0.1) is 5.41 Å². The first-order valence-corrected chi connectivity index (χ1v) is 12.1. The Labute approximate surface area is 183 Å². The Balaban J connectivity index is 2.16. The Morgan fingerprint density at radius 1 is 0.733 bits per heavy atom. The Morgan fingerprint density at radius 3 is 1.70 bits per heavy atom. The van der Waals surface area contributed by atoms with Gasteiger partial charge < -0.3 is 9.47 Å². The first-order valence-electron chi connectivity index (χ1n) is 12.1. The third-order valence-corrected chi connectivity index (χ3v) is 7.20. The summed E-state index contributed by atoms with van der Waals surface area (Å²) in [6, 6.07) is 0. The number of likely N-dealkylation sites (tertiary alicyclic amines) is 2. The van der Waals surface area contributed by atoms with E-state index in [4.69, 9.17) is 9.47 Å². The van der Waals surface area contributed by atoms with Crippen molar-refractivity contribution in [3.05, 3.63) is 0 Å². The van der Waals surface area contributed by atoms with E-state index in [2.05, 4.69) is 23.6 Å². The molecule has 0 bridgehead atoms. The topological polar surface area (TPSA) is 59.1 Å². The number of carbonyl (C=O) groups excluding carboxylic acids is 2. The highest BCUT2D eigenvalue weighted by molar-refractivity contribution is 5.81. The molecule has 0 atom stereocenters. The van der Waals surface area contributed by atoms with E-state index in [0.29, 0.717) is 6.42 Å². The highest BCUT2D eigenvalue weighted by Crippen LogP contribution is 2.46. The zero-order valence-corrected chi connectivity index (χ0v) is 19.8. The van der Waals surface area contributed by atoms with E-state index >= 15 is 0 Å². The van der Waals surface area contributed by atoms with Gasteiger partial charge in [0.25, 0.3) is 0 Å². The predicted octanol–water partition coefficient (Wildman–Crippen LogP) is 4.37. The van der Waals surface area contributed by atoms with Crippen molar-refractivity contribution in [2.45, 2.75) is 96.6 Å². The lowest BCUT2D eigenvalue weighted by atomic mass is 9.71. The summed E-state index contributed by atoms with van der Waals surface area (Å²) in [4.78, 5) is 29.8. The van der Waals surface area contributed by atoms with Crippen LogP contribution >= 0.6 is 0 Å². The molecule has 2 saturated heterocycles. The van der Waals surface area contributed by atoms with Crippen molar-refractivity contribution in [1.82, 2.24) is 9.80 Å². The molecule has 0 aromatic heterocycles. The maximum Gasteiger partial charge on any atom is 0.342 e. The van der Waals surface area contributed by atoms with Crippen LogP contribution in [0.25, 0.3) is 0 Å². The smallest absolute Gasteiger partial charge is 0.342 e. The second kappa shape index (κ2) is 12.0. The number of unbranched alkanes of at least 4 members (excludes halogenated alkanes) is 3. The summed E-state index contributed by atoms with van der Waals surface area (Å²) in [6.45, 7) is 8.40. The van der Waals surface area contributed by atoms with Crippen LogP contribution in [0.3, 0.4) is 0 Å². The molecule has 30 heavy (non-hydrogen) atoms. The van der Waals surface area contributed by atoms with Gasteiger partial charge in [-0.05, 0) is 38.5 Å². The molecular formula is C24H44N2O4. The van der Waals surface area contributed by atoms with Crippen molar-refractivity contribution in [3.8, 4) is 0 Å². The van der Waals surface area contributed by atoms with E-state index in [1.807, 2.05) is 0 Å². The summed E-state index contributed by atoms with van der Waals surface area (Å²) in [5, 5.41) is 0. The molecule has 2 rings (SSSR count). The number of methoxy groups -OCH3 is 2. The van der Waals surface area contributed by atoms with Crippen LogP contribution in [0.1, 0.15) is 90.9 Å². The molecule has 0 aromatic carbocycles. The molecule has 0 radical (unpaired) electrons. The third kappa shape index (κ3) is 5.76. The lowest BCUT2D eigenvalue weighted by Gasteiger charge is -2.58. The molecule has 6 heteroatoms. The maximum absolute atomic E-state index is 13.6. The molecule has 0 aromatic rings. The molecule has 6 nitrogen and oxygen atoms in total. The number of ether oxygens (including phenoxy) is 2. The van der Waals surface area contributed by atoms with Crippen molar-refractivity contribution in [1.29, 1.82) is 0 Å². The molecule has 2 fully saturated rings. The van der Waals surface area contributed by atoms with Gasteiger partial charge in [-0.1, -0.05) is 46.0 Å². The minimum atomic E-state index is -0.686. The van der Waals surface area contributed by atoms with E-state index in [1.165, 1.54) is 20.0 Å². The van der Waals surface area contributed by atoms with Crippen LogP contribution in [-0.2, 0) is 19.1 Å². The van der Waals surface area contributed by atoms with Crippen LogP contribution in [-0.4, -0.2) is 67.8 Å². The van der Waals surface area contributed by atoms with Gasteiger partial charge in [-0.3, -0.25) is 14.6 Å². The molecule has 0 N–H and O–H groups in total. The zero-order valence-electron chi connectivity index (χ0n) is 19.8. The van der Waals surface area contributed by atoms with Gasteiger partial charge in [0.15, 0.2) is 5.66 Å². The van der Waals surface area contributed by atoms with E-state index in [1.54, 1.807) is 7.11 Å². The van der Waals surface area contributed by atoms with E-state index in [0.717, 1.165) is 84.0 Å². The monoisotopic (exact) mass is 424 g/mol. The molecule has 174 valence electrons. The standard InChI is InChI=1S/C24H44N2O4/c1-23(2,16-10-6-5-9-15-21(27)29-3)24(22(28)30-4,25-17-11-7-12-18-25)26-19-13-8-14-20-26/h5-20H2,1-4H3. The second-order valence-electron chi connectivity index (χ2n) is 9.63. The lowest BCUT2D eigenvalue weighted by molar-refractivity contribution is -0.199. The Bertz CT molecular complexity index is 519. The Morgan fingerprint density at radius 2 is 1.23 bits per heavy atom. The highest BCUT2D eigenvalue weighted by Gasteiger charge is 2.59. The number of hydrogen-bond donors (Lipinski definition) is 0. The van der Waals surface area contributed by atoms with E-state index < -0.39 is 5.66 Å². The molecule has 0 unspecified atom stereocenters. The van der Waals surface area contributed by atoms with Gasteiger partial charge in [-0.25, -0.2) is 4.79 Å². The molecule has 0 amide bonds. The zero-order chi connectivity index (χ0) is 22.0. The van der Waals surface area contributed by atoms with Gasteiger partial charge in [0.1, 0.15) is 0 Å². The van der Waals surface area contributed by atoms with Gasteiger partial charge in [0.2, 0.25) is 0 Å². The average Bonchev–Trinajstić information content (AvgIpc) is 2.77. The molecule has 0 aliphatic carbocycles. The molecular weight excluding hydrogens is 380 g/mol. The summed E-state index contributed by atoms with van der Waals surface area (Å²) < 4.78 is 10.2. The van der Waals surface area contributed by atoms with Gasteiger partial charge in [0.05, 0.1) is 14.2 Å². The van der Waals surface area contributed by atoms with Gasteiger partial charge in [-0.15, -0.1) is 0 Å². The van der Waals surface area contributed by atoms with Crippen molar-refractivity contribution in [3.63, 3.8) is 0 Å². The molecule has 2 aliphatic heterocycles. The van der Waals surface area contributed by atoms with Crippen molar-refractivity contribution < 1.29 is 19.1 Å². The molecule has 2 heterocycles.